The molecule has 16 heavy (non-hydrogen) atoms. The summed E-state index contributed by atoms with van der Waals surface area (Å²) in [4.78, 5) is 11.1. The van der Waals surface area contributed by atoms with Gasteiger partial charge in [0.25, 0.3) is 0 Å². The molecule has 1 heterocycles. The molecule has 0 saturated carbocycles. The molecule has 0 spiro atoms. The van der Waals surface area contributed by atoms with Crippen molar-refractivity contribution in [2.75, 3.05) is 0 Å². The SMILES string of the molecule is CCCCCC/C=C/[C@]1(C)SC(=O)C=C1O. The van der Waals surface area contributed by atoms with Crippen molar-refractivity contribution in [2.24, 2.45) is 0 Å². The lowest BCUT2D eigenvalue weighted by Gasteiger charge is -2.17. The van der Waals surface area contributed by atoms with Crippen LogP contribution in [0.15, 0.2) is 24.0 Å². The van der Waals surface area contributed by atoms with E-state index < -0.39 is 4.75 Å². The standard InChI is InChI=1S/C13H20O2S/c1-3-4-5-6-7-8-9-13(2)11(14)10-12(15)16-13/h8-10,14H,3-7H2,1-2H3/b9-8+/t13-/m0/s1. The van der Waals surface area contributed by atoms with Gasteiger partial charge in [-0.05, 0) is 19.8 Å². The summed E-state index contributed by atoms with van der Waals surface area (Å²) in [5.41, 5.74) is 0. The van der Waals surface area contributed by atoms with E-state index in [1.54, 1.807) is 0 Å². The Labute approximate surface area is 102 Å². The molecule has 0 radical (unpaired) electrons. The van der Waals surface area contributed by atoms with Crippen molar-refractivity contribution in [1.29, 1.82) is 0 Å². The Hall–Kier alpha value is -0.700. The average molecular weight is 240 g/mol. The molecule has 0 fully saturated rings. The summed E-state index contributed by atoms with van der Waals surface area (Å²) in [7, 11) is 0. The second-order valence-electron chi connectivity index (χ2n) is 4.31. The Bertz CT molecular complexity index is 307. The van der Waals surface area contributed by atoms with Gasteiger partial charge in [0.2, 0.25) is 5.12 Å². The van der Waals surface area contributed by atoms with Crippen LogP contribution in [0, 0.1) is 0 Å². The van der Waals surface area contributed by atoms with Gasteiger partial charge in [0.05, 0.1) is 4.75 Å². The third kappa shape index (κ3) is 3.71. The van der Waals surface area contributed by atoms with Gasteiger partial charge in [-0.2, -0.15) is 0 Å². The largest absolute Gasteiger partial charge is 0.510 e. The van der Waals surface area contributed by atoms with Crippen molar-refractivity contribution in [3.63, 3.8) is 0 Å². The number of aliphatic hydroxyl groups is 1. The number of rotatable bonds is 6. The average Bonchev–Trinajstić information content (AvgIpc) is 2.47. The van der Waals surface area contributed by atoms with E-state index in [9.17, 15) is 9.90 Å². The summed E-state index contributed by atoms with van der Waals surface area (Å²) in [6.45, 7) is 4.07. The highest BCUT2D eigenvalue weighted by Gasteiger charge is 2.35. The predicted octanol–water partition coefficient (Wildman–Crippen LogP) is 3.99. The van der Waals surface area contributed by atoms with Crippen LogP contribution in [0.5, 0.6) is 0 Å². The van der Waals surface area contributed by atoms with E-state index in [-0.39, 0.29) is 10.9 Å². The molecule has 3 heteroatoms. The Morgan fingerprint density at radius 3 is 2.75 bits per heavy atom. The fourth-order valence-electron chi connectivity index (χ4n) is 1.66. The number of hydrogen-bond donors (Lipinski definition) is 1. The van der Waals surface area contributed by atoms with Crippen molar-refractivity contribution in [3.8, 4) is 0 Å². The van der Waals surface area contributed by atoms with Gasteiger partial charge in [-0.15, -0.1) is 0 Å². The van der Waals surface area contributed by atoms with Crippen molar-refractivity contribution < 1.29 is 9.90 Å². The molecule has 0 aliphatic carbocycles. The normalized spacial score (nSPS) is 25.4. The molecule has 1 rings (SSSR count). The third-order valence-electron chi connectivity index (χ3n) is 2.74. The Balaban J connectivity index is 2.34. The minimum Gasteiger partial charge on any atom is -0.510 e. The smallest absolute Gasteiger partial charge is 0.216 e. The van der Waals surface area contributed by atoms with Crippen LogP contribution in [0.1, 0.15) is 46.0 Å². The molecule has 0 aromatic heterocycles. The lowest BCUT2D eigenvalue weighted by Crippen LogP contribution is -2.16. The number of hydrogen-bond acceptors (Lipinski definition) is 3. The maximum absolute atomic E-state index is 11.1. The molecule has 0 bridgehead atoms. The molecule has 1 aliphatic heterocycles. The van der Waals surface area contributed by atoms with Crippen LogP contribution in [0.25, 0.3) is 0 Å². The molecular weight excluding hydrogens is 220 g/mol. The maximum atomic E-state index is 11.1. The molecule has 0 amide bonds. The van der Waals surface area contributed by atoms with Crippen molar-refractivity contribution >= 4 is 16.9 Å². The molecule has 90 valence electrons. The summed E-state index contributed by atoms with van der Waals surface area (Å²) >= 11 is 1.18. The summed E-state index contributed by atoms with van der Waals surface area (Å²) < 4.78 is -0.526. The lowest BCUT2D eigenvalue weighted by atomic mass is 10.1. The van der Waals surface area contributed by atoms with Crippen LogP contribution < -0.4 is 0 Å². The molecule has 0 aromatic rings. The minimum atomic E-state index is -0.526. The predicted molar refractivity (Wildman–Crippen MR) is 69.6 cm³/mol. The first-order chi connectivity index (χ1) is 7.58. The van der Waals surface area contributed by atoms with Gasteiger partial charge >= 0.3 is 0 Å². The summed E-state index contributed by atoms with van der Waals surface area (Å²) in [6, 6.07) is 0. The first-order valence-corrected chi connectivity index (χ1v) is 6.72. The van der Waals surface area contributed by atoms with E-state index in [0.717, 1.165) is 6.42 Å². The number of unbranched alkanes of at least 4 members (excludes halogenated alkanes) is 4. The lowest BCUT2D eigenvalue weighted by molar-refractivity contribution is -0.106. The van der Waals surface area contributed by atoms with E-state index in [1.165, 1.54) is 43.5 Å². The van der Waals surface area contributed by atoms with Crippen molar-refractivity contribution in [3.05, 3.63) is 24.0 Å². The highest BCUT2D eigenvalue weighted by molar-refractivity contribution is 8.15. The van der Waals surface area contributed by atoms with Crippen LogP contribution in [-0.2, 0) is 4.79 Å². The van der Waals surface area contributed by atoms with E-state index in [1.807, 2.05) is 13.0 Å². The Morgan fingerprint density at radius 1 is 1.44 bits per heavy atom. The Morgan fingerprint density at radius 2 is 2.19 bits per heavy atom. The van der Waals surface area contributed by atoms with Gasteiger partial charge in [-0.1, -0.05) is 50.1 Å². The van der Waals surface area contributed by atoms with Crippen LogP contribution in [0.4, 0.5) is 0 Å². The van der Waals surface area contributed by atoms with E-state index in [4.69, 9.17) is 0 Å². The molecule has 1 N–H and O–H groups in total. The molecule has 2 nitrogen and oxygen atoms in total. The van der Waals surface area contributed by atoms with Gasteiger partial charge in [-0.3, -0.25) is 4.79 Å². The second-order valence-corrected chi connectivity index (χ2v) is 5.76. The number of thioether (sulfide) groups is 1. The maximum Gasteiger partial charge on any atom is 0.216 e. The second kappa shape index (κ2) is 6.14. The Kier molecular flexibility index (Phi) is 5.13. The number of carbonyl (C=O) groups excluding carboxylic acids is 1. The fraction of sp³-hybridized carbons (Fsp3) is 0.615. The summed E-state index contributed by atoms with van der Waals surface area (Å²) in [5, 5.41) is 9.57. The van der Waals surface area contributed by atoms with Gasteiger partial charge in [0.15, 0.2) is 0 Å². The zero-order valence-corrected chi connectivity index (χ0v) is 10.8. The quantitative estimate of drug-likeness (QED) is 0.563. The van der Waals surface area contributed by atoms with Gasteiger partial charge in [0.1, 0.15) is 5.76 Å². The van der Waals surface area contributed by atoms with Crippen molar-refractivity contribution in [2.45, 2.75) is 50.7 Å². The van der Waals surface area contributed by atoms with Gasteiger partial charge in [0, 0.05) is 6.08 Å². The van der Waals surface area contributed by atoms with E-state index >= 15 is 0 Å². The zero-order chi connectivity index (χ0) is 12.0. The molecular formula is C13H20O2S. The first-order valence-electron chi connectivity index (χ1n) is 5.90. The molecule has 0 aromatic carbocycles. The molecule has 0 saturated heterocycles. The van der Waals surface area contributed by atoms with Crippen LogP contribution in [-0.4, -0.2) is 15.0 Å². The number of allylic oxidation sites excluding steroid dienone is 1. The first kappa shape index (κ1) is 13.4. The molecule has 1 atom stereocenters. The van der Waals surface area contributed by atoms with Gasteiger partial charge < -0.3 is 5.11 Å². The van der Waals surface area contributed by atoms with E-state index in [2.05, 4.69) is 13.0 Å². The summed E-state index contributed by atoms with van der Waals surface area (Å²) in [6.07, 6.45) is 11.3. The third-order valence-corrected chi connectivity index (χ3v) is 3.82. The van der Waals surface area contributed by atoms with E-state index in [0.29, 0.717) is 0 Å². The van der Waals surface area contributed by atoms with Crippen molar-refractivity contribution in [1.82, 2.24) is 0 Å². The number of aliphatic hydroxyl groups excluding tert-OH is 1. The fourth-order valence-corrected chi connectivity index (χ4v) is 2.58. The highest BCUT2D eigenvalue weighted by Crippen LogP contribution is 2.39. The molecule has 1 aliphatic rings. The highest BCUT2D eigenvalue weighted by atomic mass is 32.2. The van der Waals surface area contributed by atoms with Crippen LogP contribution >= 0.6 is 11.8 Å². The monoisotopic (exact) mass is 240 g/mol. The topological polar surface area (TPSA) is 37.3 Å². The summed E-state index contributed by atoms with van der Waals surface area (Å²) in [5.74, 6) is 0.173. The zero-order valence-electron chi connectivity index (χ0n) is 10.0. The minimum absolute atomic E-state index is 0.0596. The number of carbonyl (C=O) groups is 1. The molecule has 0 unspecified atom stereocenters. The van der Waals surface area contributed by atoms with Gasteiger partial charge in [-0.25, -0.2) is 0 Å². The van der Waals surface area contributed by atoms with Crippen LogP contribution in [0.3, 0.4) is 0 Å². The van der Waals surface area contributed by atoms with Crippen LogP contribution in [0.2, 0.25) is 0 Å².